The largest absolute Gasteiger partial charge is 0.493 e. The third kappa shape index (κ3) is 3.97. The molecule has 1 unspecified atom stereocenters. The topological polar surface area (TPSA) is 21.3 Å². The molecule has 106 valence electrons. The van der Waals surface area contributed by atoms with E-state index in [1.807, 2.05) is 0 Å². The minimum absolute atomic E-state index is 0.410. The molecule has 2 rings (SSSR count). The Labute approximate surface area is 117 Å². The zero-order chi connectivity index (χ0) is 13.7. The molecule has 0 spiro atoms. The minimum Gasteiger partial charge on any atom is -0.493 e. The first-order valence-corrected chi connectivity index (χ1v) is 7.67. The van der Waals surface area contributed by atoms with Gasteiger partial charge in [0.15, 0.2) is 0 Å². The Morgan fingerprint density at radius 1 is 1.32 bits per heavy atom. The smallest absolute Gasteiger partial charge is 0.122 e. The second kappa shape index (κ2) is 6.95. The molecule has 0 radical (unpaired) electrons. The van der Waals surface area contributed by atoms with Crippen LogP contribution in [0.15, 0.2) is 18.2 Å². The van der Waals surface area contributed by atoms with Crippen LogP contribution in [0.4, 0.5) is 0 Å². The summed E-state index contributed by atoms with van der Waals surface area (Å²) in [7, 11) is 0. The lowest BCUT2D eigenvalue weighted by molar-refractivity contribution is 0.250. The maximum Gasteiger partial charge on any atom is 0.122 e. The van der Waals surface area contributed by atoms with Crippen molar-refractivity contribution in [2.45, 2.75) is 52.5 Å². The molecule has 0 bridgehead atoms. The second-order valence-corrected chi connectivity index (χ2v) is 5.77. The molecular weight excluding hydrogens is 234 g/mol. The van der Waals surface area contributed by atoms with E-state index in [2.05, 4.69) is 44.3 Å². The van der Waals surface area contributed by atoms with Crippen LogP contribution in [0.5, 0.6) is 5.75 Å². The highest BCUT2D eigenvalue weighted by Gasteiger charge is 2.16. The molecule has 0 amide bonds. The lowest BCUT2D eigenvalue weighted by atomic mass is 10.0. The van der Waals surface area contributed by atoms with Gasteiger partial charge in [0.1, 0.15) is 5.75 Å². The van der Waals surface area contributed by atoms with Crippen LogP contribution in [0.25, 0.3) is 0 Å². The Morgan fingerprint density at radius 2 is 2.05 bits per heavy atom. The van der Waals surface area contributed by atoms with E-state index < -0.39 is 0 Å². The van der Waals surface area contributed by atoms with E-state index in [0.29, 0.717) is 6.04 Å². The first kappa shape index (κ1) is 14.4. The molecule has 1 atom stereocenters. The highest BCUT2D eigenvalue weighted by atomic mass is 16.5. The second-order valence-electron chi connectivity index (χ2n) is 5.77. The van der Waals surface area contributed by atoms with Gasteiger partial charge in [0.25, 0.3) is 0 Å². The predicted octanol–water partition coefficient (Wildman–Crippen LogP) is 4.23. The first-order chi connectivity index (χ1) is 9.20. The lowest BCUT2D eigenvalue weighted by Gasteiger charge is -2.17. The molecule has 0 aliphatic heterocycles. The fourth-order valence-corrected chi connectivity index (χ4v) is 2.91. The normalized spacial score (nSPS) is 17.6. The van der Waals surface area contributed by atoms with Crippen LogP contribution in [0, 0.1) is 12.8 Å². The molecule has 0 heterocycles. The first-order valence-electron chi connectivity index (χ1n) is 7.67. The van der Waals surface area contributed by atoms with Crippen molar-refractivity contribution in [2.75, 3.05) is 13.2 Å². The van der Waals surface area contributed by atoms with E-state index >= 15 is 0 Å². The van der Waals surface area contributed by atoms with Crippen LogP contribution >= 0.6 is 0 Å². The van der Waals surface area contributed by atoms with Gasteiger partial charge < -0.3 is 10.1 Å². The summed E-state index contributed by atoms with van der Waals surface area (Å²) in [6.07, 6.45) is 5.45. The van der Waals surface area contributed by atoms with Crippen molar-refractivity contribution in [3.63, 3.8) is 0 Å². The quantitative estimate of drug-likeness (QED) is 0.827. The van der Waals surface area contributed by atoms with Gasteiger partial charge in [-0.3, -0.25) is 0 Å². The Bertz CT molecular complexity index is 396. The maximum atomic E-state index is 6.00. The number of ether oxygens (including phenoxy) is 1. The van der Waals surface area contributed by atoms with Gasteiger partial charge >= 0.3 is 0 Å². The standard InChI is InChI=1S/C17H27NO/c1-4-18-14(3)16-9-10-17(13(2)11-16)19-12-15-7-5-6-8-15/h9-11,14-15,18H,4-8,12H2,1-3H3. The molecule has 2 nitrogen and oxygen atoms in total. The Kier molecular flexibility index (Phi) is 5.26. The number of hydrogen-bond donors (Lipinski definition) is 1. The van der Waals surface area contributed by atoms with Crippen LogP contribution in [-0.4, -0.2) is 13.2 Å². The molecule has 2 heteroatoms. The predicted molar refractivity (Wildman–Crippen MR) is 80.7 cm³/mol. The van der Waals surface area contributed by atoms with Crippen molar-refractivity contribution in [3.8, 4) is 5.75 Å². The van der Waals surface area contributed by atoms with Crippen LogP contribution in [-0.2, 0) is 0 Å². The fraction of sp³-hybridized carbons (Fsp3) is 0.647. The molecular formula is C17H27NO. The van der Waals surface area contributed by atoms with Gasteiger partial charge in [-0.05, 0) is 56.3 Å². The van der Waals surface area contributed by atoms with E-state index in [0.717, 1.165) is 24.8 Å². The number of rotatable bonds is 6. The molecule has 1 saturated carbocycles. The van der Waals surface area contributed by atoms with E-state index in [1.165, 1.54) is 36.8 Å². The number of benzene rings is 1. The number of aryl methyl sites for hydroxylation is 1. The van der Waals surface area contributed by atoms with E-state index in [9.17, 15) is 0 Å². The lowest BCUT2D eigenvalue weighted by Crippen LogP contribution is -2.17. The molecule has 1 aromatic carbocycles. The Balaban J connectivity index is 1.94. The third-order valence-electron chi connectivity index (χ3n) is 4.16. The summed E-state index contributed by atoms with van der Waals surface area (Å²) in [6.45, 7) is 8.38. The summed E-state index contributed by atoms with van der Waals surface area (Å²) in [5, 5.41) is 3.44. The molecule has 1 N–H and O–H groups in total. The summed E-state index contributed by atoms with van der Waals surface area (Å²) < 4.78 is 6.00. The van der Waals surface area contributed by atoms with Gasteiger partial charge in [-0.25, -0.2) is 0 Å². The summed E-state index contributed by atoms with van der Waals surface area (Å²) in [4.78, 5) is 0. The zero-order valence-corrected chi connectivity index (χ0v) is 12.5. The van der Waals surface area contributed by atoms with Gasteiger partial charge in [0.05, 0.1) is 6.61 Å². The molecule has 0 aromatic heterocycles. The molecule has 1 fully saturated rings. The van der Waals surface area contributed by atoms with Crippen molar-refractivity contribution in [2.24, 2.45) is 5.92 Å². The number of hydrogen-bond acceptors (Lipinski definition) is 2. The van der Waals surface area contributed by atoms with Crippen LogP contribution in [0.3, 0.4) is 0 Å². The summed E-state index contributed by atoms with van der Waals surface area (Å²) in [5.41, 5.74) is 2.59. The van der Waals surface area contributed by atoms with Crippen LogP contribution < -0.4 is 10.1 Å². The Hall–Kier alpha value is -1.02. The summed E-state index contributed by atoms with van der Waals surface area (Å²) in [6, 6.07) is 6.97. The maximum absolute atomic E-state index is 6.00. The van der Waals surface area contributed by atoms with E-state index in [4.69, 9.17) is 4.74 Å². The molecule has 1 aromatic rings. The highest BCUT2D eigenvalue weighted by Crippen LogP contribution is 2.27. The van der Waals surface area contributed by atoms with Gasteiger partial charge in [0.2, 0.25) is 0 Å². The minimum atomic E-state index is 0.410. The SMILES string of the molecule is CCNC(C)c1ccc(OCC2CCCC2)c(C)c1. The molecule has 1 aliphatic carbocycles. The van der Waals surface area contributed by atoms with Crippen molar-refractivity contribution in [1.82, 2.24) is 5.32 Å². The fourth-order valence-electron chi connectivity index (χ4n) is 2.91. The molecule has 0 saturated heterocycles. The summed E-state index contributed by atoms with van der Waals surface area (Å²) in [5.74, 6) is 1.83. The van der Waals surface area contributed by atoms with E-state index in [-0.39, 0.29) is 0 Å². The monoisotopic (exact) mass is 261 g/mol. The van der Waals surface area contributed by atoms with Gasteiger partial charge in [-0.1, -0.05) is 31.9 Å². The Morgan fingerprint density at radius 3 is 2.68 bits per heavy atom. The van der Waals surface area contributed by atoms with Crippen molar-refractivity contribution in [3.05, 3.63) is 29.3 Å². The molecule has 19 heavy (non-hydrogen) atoms. The van der Waals surface area contributed by atoms with Crippen molar-refractivity contribution in [1.29, 1.82) is 0 Å². The van der Waals surface area contributed by atoms with Crippen molar-refractivity contribution < 1.29 is 4.74 Å². The van der Waals surface area contributed by atoms with E-state index in [1.54, 1.807) is 0 Å². The van der Waals surface area contributed by atoms with Crippen LogP contribution in [0.2, 0.25) is 0 Å². The van der Waals surface area contributed by atoms with Gasteiger partial charge in [-0.2, -0.15) is 0 Å². The zero-order valence-electron chi connectivity index (χ0n) is 12.5. The third-order valence-corrected chi connectivity index (χ3v) is 4.16. The average Bonchev–Trinajstić information content (AvgIpc) is 2.90. The molecule has 1 aliphatic rings. The van der Waals surface area contributed by atoms with Crippen molar-refractivity contribution >= 4 is 0 Å². The van der Waals surface area contributed by atoms with Gasteiger partial charge in [-0.15, -0.1) is 0 Å². The summed E-state index contributed by atoms with van der Waals surface area (Å²) >= 11 is 0. The average molecular weight is 261 g/mol. The van der Waals surface area contributed by atoms with Gasteiger partial charge in [0, 0.05) is 6.04 Å². The van der Waals surface area contributed by atoms with Crippen LogP contribution in [0.1, 0.15) is 56.7 Å². The number of nitrogens with one attached hydrogen (secondary N) is 1. The highest BCUT2D eigenvalue weighted by molar-refractivity contribution is 5.37.